The summed E-state index contributed by atoms with van der Waals surface area (Å²) in [4.78, 5) is 17.8. The zero-order chi connectivity index (χ0) is 12.3. The third-order valence-corrected chi connectivity index (χ3v) is 3.20. The zero-order valence-electron chi connectivity index (χ0n) is 10.5. The number of carbonyl (C=O) groups excluding carboxylic acids is 1. The highest BCUT2D eigenvalue weighted by Gasteiger charge is 2.28. The van der Waals surface area contributed by atoms with Crippen molar-refractivity contribution in [3.05, 3.63) is 18.2 Å². The monoisotopic (exact) mass is 236 g/mol. The van der Waals surface area contributed by atoms with Crippen molar-refractivity contribution in [3.8, 4) is 0 Å². The van der Waals surface area contributed by atoms with Gasteiger partial charge in [-0.15, -0.1) is 0 Å². The highest BCUT2D eigenvalue weighted by molar-refractivity contribution is 5.83. The summed E-state index contributed by atoms with van der Waals surface area (Å²) < 4.78 is 2.14. The van der Waals surface area contributed by atoms with Crippen molar-refractivity contribution >= 4 is 5.91 Å². The first-order chi connectivity index (χ1) is 8.22. The van der Waals surface area contributed by atoms with Crippen LogP contribution in [0.4, 0.5) is 0 Å². The van der Waals surface area contributed by atoms with E-state index in [1.807, 2.05) is 19.4 Å². The average molecular weight is 236 g/mol. The number of nitrogens with one attached hydrogen (secondary N) is 1. The Kier molecular flexibility index (Phi) is 3.78. The van der Waals surface area contributed by atoms with E-state index >= 15 is 0 Å². The molecule has 1 aliphatic rings. The normalized spacial score (nSPS) is 20.2. The molecule has 5 heteroatoms. The van der Waals surface area contributed by atoms with Gasteiger partial charge in [-0.1, -0.05) is 6.92 Å². The van der Waals surface area contributed by atoms with Crippen LogP contribution in [0.15, 0.2) is 12.4 Å². The second-order valence-corrected chi connectivity index (χ2v) is 4.52. The molecule has 1 fully saturated rings. The summed E-state index contributed by atoms with van der Waals surface area (Å²) in [6, 6.07) is -0.0354. The number of aromatic nitrogens is 2. The maximum atomic E-state index is 11.7. The van der Waals surface area contributed by atoms with E-state index in [-0.39, 0.29) is 11.9 Å². The van der Waals surface area contributed by atoms with Gasteiger partial charge in [0.1, 0.15) is 5.82 Å². The van der Waals surface area contributed by atoms with Gasteiger partial charge in [-0.05, 0) is 12.8 Å². The molecule has 1 aromatic heterocycles. The number of hydrogen-bond acceptors (Lipinski definition) is 3. The fourth-order valence-corrected chi connectivity index (χ4v) is 2.18. The number of likely N-dealkylation sites (tertiary alicyclic amines) is 1. The molecule has 2 rings (SSSR count). The van der Waals surface area contributed by atoms with Gasteiger partial charge >= 0.3 is 0 Å². The summed E-state index contributed by atoms with van der Waals surface area (Å²) in [5.74, 6) is 1.20. The Bertz CT molecular complexity index is 388. The van der Waals surface area contributed by atoms with Crippen LogP contribution >= 0.6 is 0 Å². The molecular weight excluding hydrogens is 216 g/mol. The van der Waals surface area contributed by atoms with Crippen LogP contribution in [0.2, 0.25) is 0 Å². The molecule has 2 heterocycles. The third-order valence-electron chi connectivity index (χ3n) is 3.20. The topological polar surface area (TPSA) is 50.2 Å². The fraction of sp³-hybridized carbons (Fsp3) is 0.667. The van der Waals surface area contributed by atoms with Crippen molar-refractivity contribution in [2.75, 3.05) is 13.6 Å². The van der Waals surface area contributed by atoms with E-state index < -0.39 is 0 Å². The highest BCUT2D eigenvalue weighted by atomic mass is 16.2. The summed E-state index contributed by atoms with van der Waals surface area (Å²) in [6.45, 7) is 4.64. The minimum absolute atomic E-state index is 0.0354. The molecule has 1 unspecified atom stereocenters. The maximum Gasteiger partial charge on any atom is 0.239 e. The second-order valence-electron chi connectivity index (χ2n) is 4.52. The molecule has 0 saturated carbocycles. The lowest BCUT2D eigenvalue weighted by Gasteiger charge is -2.12. The molecule has 1 atom stereocenters. The van der Waals surface area contributed by atoms with Gasteiger partial charge < -0.3 is 9.47 Å². The molecule has 0 aromatic carbocycles. The molecule has 1 N–H and O–H groups in total. The lowest BCUT2D eigenvalue weighted by molar-refractivity contribution is -0.128. The maximum absolute atomic E-state index is 11.7. The number of likely N-dealkylation sites (N-methyl/N-ethyl adjacent to an activating group) is 1. The van der Waals surface area contributed by atoms with Crippen LogP contribution in [0.3, 0.4) is 0 Å². The number of rotatable bonds is 5. The zero-order valence-corrected chi connectivity index (χ0v) is 10.5. The van der Waals surface area contributed by atoms with Gasteiger partial charge in [-0.3, -0.25) is 10.1 Å². The first-order valence-corrected chi connectivity index (χ1v) is 6.20. The Morgan fingerprint density at radius 3 is 3.06 bits per heavy atom. The predicted octanol–water partition coefficient (Wildman–Crippen LogP) is 0.613. The molecule has 0 aliphatic carbocycles. The fourth-order valence-electron chi connectivity index (χ4n) is 2.18. The summed E-state index contributed by atoms with van der Waals surface area (Å²) in [7, 11) is 1.85. The van der Waals surface area contributed by atoms with E-state index in [1.165, 1.54) is 0 Å². The SMILES string of the molecule is CCCn1ccnc1CNC1CCN(C)C1=O. The Hall–Kier alpha value is -1.36. The Labute approximate surface area is 102 Å². The van der Waals surface area contributed by atoms with Gasteiger partial charge in [0, 0.05) is 32.5 Å². The van der Waals surface area contributed by atoms with Gasteiger partial charge in [-0.25, -0.2) is 4.98 Å². The number of imidazole rings is 1. The van der Waals surface area contributed by atoms with E-state index in [2.05, 4.69) is 21.8 Å². The van der Waals surface area contributed by atoms with Gasteiger partial charge in [0.05, 0.1) is 12.6 Å². The summed E-state index contributed by atoms with van der Waals surface area (Å²) >= 11 is 0. The molecule has 1 aromatic rings. The van der Waals surface area contributed by atoms with Crippen LogP contribution in [0.5, 0.6) is 0 Å². The van der Waals surface area contributed by atoms with Crippen LogP contribution in [-0.4, -0.2) is 40.0 Å². The summed E-state index contributed by atoms with van der Waals surface area (Å²) in [5.41, 5.74) is 0. The van der Waals surface area contributed by atoms with Gasteiger partial charge in [0.15, 0.2) is 0 Å². The molecule has 0 bridgehead atoms. The lowest BCUT2D eigenvalue weighted by atomic mass is 10.2. The molecule has 5 nitrogen and oxygen atoms in total. The Balaban J connectivity index is 1.89. The highest BCUT2D eigenvalue weighted by Crippen LogP contribution is 2.09. The van der Waals surface area contributed by atoms with Crippen molar-refractivity contribution in [2.24, 2.45) is 0 Å². The van der Waals surface area contributed by atoms with Crippen LogP contribution in [0, 0.1) is 0 Å². The molecule has 0 spiro atoms. The molecule has 1 saturated heterocycles. The molecule has 94 valence electrons. The summed E-state index contributed by atoms with van der Waals surface area (Å²) in [5, 5.41) is 3.29. The van der Waals surface area contributed by atoms with Crippen LogP contribution in [0.1, 0.15) is 25.6 Å². The van der Waals surface area contributed by atoms with E-state index in [0.29, 0.717) is 6.54 Å². The largest absolute Gasteiger partial charge is 0.344 e. The quantitative estimate of drug-likeness (QED) is 0.815. The number of aryl methyl sites for hydroxylation is 1. The molecule has 1 aliphatic heterocycles. The van der Waals surface area contributed by atoms with Crippen molar-refractivity contribution in [1.29, 1.82) is 0 Å². The average Bonchev–Trinajstić information content (AvgIpc) is 2.87. The van der Waals surface area contributed by atoms with Crippen LogP contribution in [-0.2, 0) is 17.9 Å². The van der Waals surface area contributed by atoms with Crippen molar-refractivity contribution in [3.63, 3.8) is 0 Å². The Morgan fingerprint density at radius 1 is 1.59 bits per heavy atom. The lowest BCUT2D eigenvalue weighted by Crippen LogP contribution is -2.37. The van der Waals surface area contributed by atoms with Gasteiger partial charge in [0.2, 0.25) is 5.91 Å². The minimum Gasteiger partial charge on any atom is -0.344 e. The molecule has 1 amide bonds. The molecule has 17 heavy (non-hydrogen) atoms. The van der Waals surface area contributed by atoms with E-state index in [9.17, 15) is 4.79 Å². The first kappa shape index (κ1) is 12.1. The molecular formula is C12H20N4O. The van der Waals surface area contributed by atoms with Gasteiger partial charge in [0.25, 0.3) is 0 Å². The number of carbonyl (C=O) groups is 1. The smallest absolute Gasteiger partial charge is 0.239 e. The minimum atomic E-state index is -0.0354. The third kappa shape index (κ3) is 2.66. The van der Waals surface area contributed by atoms with Crippen molar-refractivity contribution in [1.82, 2.24) is 19.8 Å². The van der Waals surface area contributed by atoms with Crippen molar-refractivity contribution in [2.45, 2.75) is 38.9 Å². The van der Waals surface area contributed by atoms with Crippen LogP contribution < -0.4 is 5.32 Å². The van der Waals surface area contributed by atoms with Crippen molar-refractivity contribution < 1.29 is 4.79 Å². The van der Waals surface area contributed by atoms with E-state index in [0.717, 1.165) is 31.8 Å². The summed E-state index contributed by atoms with van der Waals surface area (Å²) in [6.07, 6.45) is 5.79. The van der Waals surface area contributed by atoms with Crippen LogP contribution in [0.25, 0.3) is 0 Å². The number of nitrogens with zero attached hydrogens (tertiary/aromatic N) is 3. The van der Waals surface area contributed by atoms with Gasteiger partial charge in [-0.2, -0.15) is 0 Å². The predicted molar refractivity (Wildman–Crippen MR) is 65.4 cm³/mol. The standard InChI is InChI=1S/C12H20N4O/c1-3-6-16-8-5-13-11(16)9-14-10-4-7-15(2)12(10)17/h5,8,10,14H,3-4,6-7,9H2,1-2H3. The number of amides is 1. The molecule has 0 radical (unpaired) electrons. The van der Waals surface area contributed by atoms with E-state index in [4.69, 9.17) is 0 Å². The Morgan fingerprint density at radius 2 is 2.41 bits per heavy atom. The second kappa shape index (κ2) is 5.31. The first-order valence-electron chi connectivity index (χ1n) is 6.20. The number of hydrogen-bond donors (Lipinski definition) is 1. The van der Waals surface area contributed by atoms with E-state index in [1.54, 1.807) is 4.90 Å².